The Hall–Kier alpha value is -1.50. The number of sulfonamides is 1. The van der Waals surface area contributed by atoms with Crippen molar-refractivity contribution < 1.29 is 8.42 Å². The van der Waals surface area contributed by atoms with Gasteiger partial charge in [-0.3, -0.25) is 4.98 Å². The summed E-state index contributed by atoms with van der Waals surface area (Å²) in [7, 11) is -3.18. The summed E-state index contributed by atoms with van der Waals surface area (Å²) in [6.45, 7) is 1.64. The molecule has 124 valence electrons. The molecule has 0 radical (unpaired) electrons. The summed E-state index contributed by atoms with van der Waals surface area (Å²) in [5, 5.41) is 4.31. The molecule has 6 heteroatoms. The molecule has 0 unspecified atom stereocenters. The zero-order chi connectivity index (χ0) is 16.1. The number of para-hydroxylation sites is 1. The lowest BCUT2D eigenvalue weighted by Crippen LogP contribution is -2.36. The van der Waals surface area contributed by atoms with E-state index in [4.69, 9.17) is 0 Å². The van der Waals surface area contributed by atoms with Crippen LogP contribution in [0.4, 0.5) is 0 Å². The normalized spacial score (nSPS) is 15.7. The standard InChI is InChI=1S/C17H23N3O2S/c21-23(22,20-12-14-4-1-5-14)11-10-18-13-16-7-2-6-15-8-3-9-19-17(15)16/h2-3,6-9,14,18,20H,1,4-5,10-13H2. The molecule has 23 heavy (non-hydrogen) atoms. The molecule has 1 heterocycles. The van der Waals surface area contributed by atoms with Gasteiger partial charge < -0.3 is 5.32 Å². The van der Waals surface area contributed by atoms with Crippen LogP contribution in [-0.4, -0.2) is 32.2 Å². The van der Waals surface area contributed by atoms with Crippen molar-refractivity contribution in [3.05, 3.63) is 42.1 Å². The lowest BCUT2D eigenvalue weighted by Gasteiger charge is -2.25. The van der Waals surface area contributed by atoms with E-state index in [9.17, 15) is 8.42 Å². The average Bonchev–Trinajstić information content (AvgIpc) is 2.50. The average molecular weight is 333 g/mol. The number of fused-ring (bicyclic) bond motifs is 1. The van der Waals surface area contributed by atoms with Crippen molar-refractivity contribution in [3.8, 4) is 0 Å². The molecule has 1 aromatic heterocycles. The van der Waals surface area contributed by atoms with Crippen LogP contribution in [0.5, 0.6) is 0 Å². The number of hydrogen-bond donors (Lipinski definition) is 2. The fourth-order valence-electron chi connectivity index (χ4n) is 2.75. The molecular weight excluding hydrogens is 310 g/mol. The molecule has 1 saturated carbocycles. The maximum atomic E-state index is 11.9. The summed E-state index contributed by atoms with van der Waals surface area (Å²) in [5.74, 6) is 0.650. The van der Waals surface area contributed by atoms with Crippen molar-refractivity contribution in [2.45, 2.75) is 25.8 Å². The third-order valence-electron chi connectivity index (χ3n) is 4.40. The molecule has 0 bridgehead atoms. The molecule has 1 aliphatic carbocycles. The molecule has 0 saturated heterocycles. The molecule has 1 fully saturated rings. The Kier molecular flexibility index (Phi) is 5.25. The highest BCUT2D eigenvalue weighted by molar-refractivity contribution is 7.89. The number of nitrogens with one attached hydrogen (secondary N) is 2. The fraction of sp³-hybridized carbons (Fsp3) is 0.471. The van der Waals surface area contributed by atoms with Crippen molar-refractivity contribution >= 4 is 20.9 Å². The number of benzene rings is 1. The first-order chi connectivity index (χ1) is 11.1. The van der Waals surface area contributed by atoms with E-state index in [0.29, 0.717) is 25.6 Å². The molecule has 0 atom stereocenters. The van der Waals surface area contributed by atoms with Crippen molar-refractivity contribution in [1.29, 1.82) is 0 Å². The lowest BCUT2D eigenvalue weighted by atomic mass is 9.86. The first kappa shape index (κ1) is 16.4. The highest BCUT2D eigenvalue weighted by Gasteiger charge is 2.19. The van der Waals surface area contributed by atoms with Crippen LogP contribution in [-0.2, 0) is 16.6 Å². The number of pyridine rings is 1. The summed E-state index contributed by atoms with van der Waals surface area (Å²) >= 11 is 0. The van der Waals surface area contributed by atoms with Crippen LogP contribution in [0.2, 0.25) is 0 Å². The van der Waals surface area contributed by atoms with Crippen molar-refractivity contribution in [2.24, 2.45) is 5.92 Å². The van der Waals surface area contributed by atoms with Gasteiger partial charge in [-0.15, -0.1) is 0 Å². The summed E-state index contributed by atoms with van der Waals surface area (Å²) in [4.78, 5) is 4.40. The third kappa shape index (κ3) is 4.50. The molecular formula is C17H23N3O2S. The van der Waals surface area contributed by atoms with Crippen LogP contribution in [0, 0.1) is 5.92 Å². The van der Waals surface area contributed by atoms with Crippen LogP contribution in [0.25, 0.3) is 10.9 Å². The summed E-state index contributed by atoms with van der Waals surface area (Å²) < 4.78 is 26.6. The SMILES string of the molecule is O=S(=O)(CCNCc1cccc2cccnc12)NCC1CCC1. The first-order valence-corrected chi connectivity index (χ1v) is 9.80. The predicted octanol–water partition coefficient (Wildman–Crippen LogP) is 2.04. The zero-order valence-electron chi connectivity index (χ0n) is 13.2. The zero-order valence-corrected chi connectivity index (χ0v) is 14.0. The van der Waals surface area contributed by atoms with E-state index in [1.54, 1.807) is 6.20 Å². The highest BCUT2D eigenvalue weighted by atomic mass is 32.2. The summed E-state index contributed by atoms with van der Waals surface area (Å²) in [6, 6.07) is 9.99. The molecule has 1 aromatic carbocycles. The monoisotopic (exact) mass is 333 g/mol. The minimum absolute atomic E-state index is 0.109. The van der Waals surface area contributed by atoms with E-state index >= 15 is 0 Å². The molecule has 2 aromatic rings. The van der Waals surface area contributed by atoms with Gasteiger partial charge >= 0.3 is 0 Å². The van der Waals surface area contributed by atoms with E-state index in [0.717, 1.165) is 29.3 Å². The van der Waals surface area contributed by atoms with Gasteiger partial charge in [0.05, 0.1) is 11.3 Å². The van der Waals surface area contributed by atoms with Crippen LogP contribution in [0.15, 0.2) is 36.5 Å². The highest BCUT2D eigenvalue weighted by Crippen LogP contribution is 2.25. The Morgan fingerprint density at radius 3 is 2.78 bits per heavy atom. The minimum atomic E-state index is -3.18. The van der Waals surface area contributed by atoms with Gasteiger partial charge in [-0.05, 0) is 30.4 Å². The molecule has 1 aliphatic rings. The maximum Gasteiger partial charge on any atom is 0.212 e. The van der Waals surface area contributed by atoms with Crippen molar-refractivity contribution in [1.82, 2.24) is 15.0 Å². The second kappa shape index (κ2) is 7.38. The molecule has 5 nitrogen and oxygen atoms in total. The van der Waals surface area contributed by atoms with E-state index in [1.165, 1.54) is 6.42 Å². The maximum absolute atomic E-state index is 11.9. The Balaban J connectivity index is 1.47. The van der Waals surface area contributed by atoms with Gasteiger partial charge in [0.15, 0.2) is 0 Å². The minimum Gasteiger partial charge on any atom is -0.312 e. The van der Waals surface area contributed by atoms with Crippen molar-refractivity contribution in [2.75, 3.05) is 18.8 Å². The van der Waals surface area contributed by atoms with Gasteiger partial charge in [-0.1, -0.05) is 30.7 Å². The summed E-state index contributed by atoms with van der Waals surface area (Å²) in [5.41, 5.74) is 2.05. The van der Waals surface area contributed by atoms with Gasteiger partial charge in [0, 0.05) is 31.2 Å². The number of rotatable bonds is 8. The molecule has 3 rings (SSSR count). The second-order valence-corrected chi connectivity index (χ2v) is 8.06. The Morgan fingerprint density at radius 1 is 1.17 bits per heavy atom. The fourth-order valence-corrected chi connectivity index (χ4v) is 3.80. The number of aromatic nitrogens is 1. The van der Waals surface area contributed by atoms with E-state index < -0.39 is 10.0 Å². The van der Waals surface area contributed by atoms with E-state index in [1.807, 2.05) is 30.3 Å². The largest absolute Gasteiger partial charge is 0.312 e. The molecule has 0 amide bonds. The Bertz CT molecular complexity index is 752. The van der Waals surface area contributed by atoms with Crippen molar-refractivity contribution in [3.63, 3.8) is 0 Å². The number of hydrogen-bond acceptors (Lipinski definition) is 4. The Labute approximate surface area is 137 Å². The molecule has 0 spiro atoms. The lowest BCUT2D eigenvalue weighted by molar-refractivity contribution is 0.316. The predicted molar refractivity (Wildman–Crippen MR) is 92.6 cm³/mol. The van der Waals surface area contributed by atoms with Crippen LogP contribution >= 0.6 is 0 Å². The Morgan fingerprint density at radius 2 is 2.00 bits per heavy atom. The van der Waals surface area contributed by atoms with Gasteiger partial charge in [0.1, 0.15) is 0 Å². The van der Waals surface area contributed by atoms with Crippen LogP contribution < -0.4 is 10.0 Å². The van der Waals surface area contributed by atoms with Gasteiger partial charge in [-0.25, -0.2) is 13.1 Å². The topological polar surface area (TPSA) is 71.1 Å². The van der Waals surface area contributed by atoms with Crippen LogP contribution in [0.1, 0.15) is 24.8 Å². The third-order valence-corrected chi connectivity index (χ3v) is 5.74. The van der Waals surface area contributed by atoms with Gasteiger partial charge in [-0.2, -0.15) is 0 Å². The van der Waals surface area contributed by atoms with Gasteiger partial charge in [0.25, 0.3) is 0 Å². The van der Waals surface area contributed by atoms with Crippen LogP contribution in [0.3, 0.4) is 0 Å². The first-order valence-electron chi connectivity index (χ1n) is 8.15. The molecule has 0 aliphatic heterocycles. The second-order valence-electron chi connectivity index (χ2n) is 6.13. The number of nitrogens with zero attached hydrogens (tertiary/aromatic N) is 1. The van der Waals surface area contributed by atoms with Gasteiger partial charge in [0.2, 0.25) is 10.0 Å². The quantitative estimate of drug-likeness (QED) is 0.725. The smallest absolute Gasteiger partial charge is 0.212 e. The molecule has 2 N–H and O–H groups in total. The van der Waals surface area contributed by atoms with E-state index in [2.05, 4.69) is 15.0 Å². The van der Waals surface area contributed by atoms with E-state index in [-0.39, 0.29) is 5.75 Å². The summed E-state index contributed by atoms with van der Waals surface area (Å²) in [6.07, 6.45) is 5.30.